The van der Waals surface area contributed by atoms with Gasteiger partial charge in [0.15, 0.2) is 0 Å². The Morgan fingerprint density at radius 2 is 2.43 bits per heavy atom. The van der Waals surface area contributed by atoms with Gasteiger partial charge in [-0.15, -0.1) is 0 Å². The van der Waals surface area contributed by atoms with Crippen molar-refractivity contribution in [2.75, 3.05) is 6.54 Å². The Labute approximate surface area is 42.4 Å². The number of rotatable bonds is 0. The number of nitrogens with two attached hydrogens (primary N) is 1. The van der Waals surface area contributed by atoms with Gasteiger partial charge >= 0.3 is 0 Å². The average molecular weight is 102 g/mol. The average Bonchev–Trinajstić information content (AvgIpc) is 1.69. The fourth-order valence-corrected chi connectivity index (χ4v) is 0.506. The van der Waals surface area contributed by atoms with Crippen molar-refractivity contribution in [2.24, 2.45) is 5.73 Å². The second-order valence-corrected chi connectivity index (χ2v) is 1.59. The van der Waals surface area contributed by atoms with Crippen LogP contribution in [0.2, 0.25) is 0 Å². The van der Waals surface area contributed by atoms with Crippen LogP contribution in [-0.4, -0.2) is 12.7 Å². The molecule has 0 aliphatic carbocycles. The maximum absolute atomic E-state index is 5.42. The summed E-state index contributed by atoms with van der Waals surface area (Å²) in [6, 6.07) is 0. The van der Waals surface area contributed by atoms with Gasteiger partial charge in [-0.05, 0) is 6.42 Å². The van der Waals surface area contributed by atoms with E-state index in [9.17, 15) is 0 Å². The molecular weight excluding hydrogens is 92.1 g/mol. The topological polar surface area (TPSA) is 62.1 Å². The van der Waals surface area contributed by atoms with E-state index >= 15 is 0 Å². The molecule has 1 rings (SSSR count). The summed E-state index contributed by atoms with van der Waals surface area (Å²) in [5.74, 6) is 0. The van der Waals surface area contributed by atoms with E-state index in [0.29, 0.717) is 0 Å². The lowest BCUT2D eigenvalue weighted by Gasteiger charge is -2.20. The van der Waals surface area contributed by atoms with Gasteiger partial charge in [0, 0.05) is 6.54 Å². The van der Waals surface area contributed by atoms with Crippen LogP contribution in [0.5, 0.6) is 0 Å². The van der Waals surface area contributed by atoms with Crippen LogP contribution in [0.25, 0.3) is 0 Å². The highest BCUT2D eigenvalue weighted by atomic mass is 15.6. The molecule has 1 atom stereocenters. The minimum Gasteiger partial charge on any atom is -0.315 e. The second kappa shape index (κ2) is 2.23. The lowest BCUT2D eigenvalue weighted by atomic mass is 10.3. The Balaban J connectivity index is 2.12. The molecule has 0 aromatic carbocycles. The number of hydrazine groups is 2. The van der Waals surface area contributed by atoms with Crippen molar-refractivity contribution in [3.05, 3.63) is 0 Å². The van der Waals surface area contributed by atoms with Crippen molar-refractivity contribution in [1.29, 1.82) is 0 Å². The minimum absolute atomic E-state index is 0.112. The molecule has 1 heterocycles. The Hall–Kier alpha value is -0.160. The second-order valence-electron chi connectivity index (χ2n) is 1.59. The zero-order chi connectivity index (χ0) is 5.11. The van der Waals surface area contributed by atoms with Gasteiger partial charge in [0.1, 0.15) is 0 Å². The standard InChI is InChI=1S/C3H10N4/c4-3-1-2-5-7-6-3/h3,5-7H,1-2,4H2. The molecule has 4 heteroatoms. The van der Waals surface area contributed by atoms with Gasteiger partial charge in [-0.1, -0.05) is 0 Å². The number of hydrogen-bond acceptors (Lipinski definition) is 4. The normalized spacial score (nSPS) is 33.0. The molecular formula is C3H10N4. The summed E-state index contributed by atoms with van der Waals surface area (Å²) in [6.07, 6.45) is 1.09. The first-order valence-corrected chi connectivity index (χ1v) is 2.38. The van der Waals surface area contributed by atoms with Gasteiger partial charge in [0.2, 0.25) is 0 Å². The fraction of sp³-hybridized carbons (Fsp3) is 1.00. The SMILES string of the molecule is NC1CCNNN1. The number of hydrogen-bond donors (Lipinski definition) is 4. The summed E-state index contributed by atoms with van der Waals surface area (Å²) in [7, 11) is 0. The van der Waals surface area contributed by atoms with Gasteiger partial charge in [-0.25, -0.2) is 10.9 Å². The van der Waals surface area contributed by atoms with Gasteiger partial charge in [-0.3, -0.25) is 0 Å². The smallest absolute Gasteiger partial charge is 0.0705 e. The zero-order valence-electron chi connectivity index (χ0n) is 4.07. The zero-order valence-corrected chi connectivity index (χ0v) is 4.07. The van der Waals surface area contributed by atoms with Crippen molar-refractivity contribution in [2.45, 2.75) is 12.6 Å². The highest BCUT2D eigenvalue weighted by Crippen LogP contribution is 1.80. The minimum atomic E-state index is 0.112. The lowest BCUT2D eigenvalue weighted by molar-refractivity contribution is 0.300. The van der Waals surface area contributed by atoms with Crippen LogP contribution < -0.4 is 22.1 Å². The van der Waals surface area contributed by atoms with E-state index < -0.39 is 0 Å². The van der Waals surface area contributed by atoms with Gasteiger partial charge in [0.05, 0.1) is 6.17 Å². The molecule has 7 heavy (non-hydrogen) atoms. The van der Waals surface area contributed by atoms with E-state index in [1.165, 1.54) is 0 Å². The van der Waals surface area contributed by atoms with E-state index in [1.807, 2.05) is 0 Å². The number of nitrogens with one attached hydrogen (secondary N) is 3. The summed E-state index contributed by atoms with van der Waals surface area (Å²) in [5.41, 5.74) is 13.8. The molecule has 0 radical (unpaired) electrons. The monoisotopic (exact) mass is 102 g/mol. The molecule has 0 aromatic heterocycles. The Kier molecular flexibility index (Phi) is 1.59. The molecule has 1 fully saturated rings. The summed E-state index contributed by atoms with van der Waals surface area (Å²) in [6.45, 7) is 0.939. The quantitative estimate of drug-likeness (QED) is 0.293. The molecule has 1 aliphatic rings. The fourth-order valence-electron chi connectivity index (χ4n) is 0.506. The summed E-state index contributed by atoms with van der Waals surface area (Å²) < 4.78 is 0. The van der Waals surface area contributed by atoms with Crippen molar-refractivity contribution in [3.63, 3.8) is 0 Å². The molecule has 5 N–H and O–H groups in total. The first kappa shape index (κ1) is 4.99. The molecule has 42 valence electrons. The largest absolute Gasteiger partial charge is 0.315 e. The lowest BCUT2D eigenvalue weighted by Crippen LogP contribution is -2.58. The Bertz CT molecular complexity index is 48.9. The highest BCUT2D eigenvalue weighted by molar-refractivity contribution is 4.59. The van der Waals surface area contributed by atoms with Gasteiger partial charge in [0.25, 0.3) is 0 Å². The molecule has 4 nitrogen and oxygen atoms in total. The molecule has 0 amide bonds. The predicted molar refractivity (Wildman–Crippen MR) is 26.9 cm³/mol. The molecule has 0 saturated carbocycles. The van der Waals surface area contributed by atoms with Crippen molar-refractivity contribution in [1.82, 2.24) is 16.4 Å². The van der Waals surface area contributed by atoms with Crippen LogP contribution in [0.15, 0.2) is 0 Å². The summed E-state index contributed by atoms with van der Waals surface area (Å²) >= 11 is 0. The van der Waals surface area contributed by atoms with E-state index in [-0.39, 0.29) is 6.17 Å². The third-order valence-electron chi connectivity index (χ3n) is 0.926. The first-order chi connectivity index (χ1) is 3.39. The van der Waals surface area contributed by atoms with Gasteiger partial charge < -0.3 is 5.73 Å². The third kappa shape index (κ3) is 1.40. The van der Waals surface area contributed by atoms with Crippen molar-refractivity contribution < 1.29 is 0 Å². The molecule has 1 unspecified atom stereocenters. The van der Waals surface area contributed by atoms with Crippen LogP contribution in [0.3, 0.4) is 0 Å². The third-order valence-corrected chi connectivity index (χ3v) is 0.926. The van der Waals surface area contributed by atoms with E-state index in [0.717, 1.165) is 13.0 Å². The maximum Gasteiger partial charge on any atom is 0.0705 e. The molecule has 1 aliphatic heterocycles. The van der Waals surface area contributed by atoms with E-state index in [1.54, 1.807) is 0 Å². The van der Waals surface area contributed by atoms with Crippen LogP contribution >= 0.6 is 0 Å². The van der Waals surface area contributed by atoms with Crippen molar-refractivity contribution >= 4 is 0 Å². The summed E-state index contributed by atoms with van der Waals surface area (Å²) in [4.78, 5) is 0. The summed E-state index contributed by atoms with van der Waals surface area (Å²) in [5, 5.41) is 0. The van der Waals surface area contributed by atoms with Crippen LogP contribution in [0.1, 0.15) is 6.42 Å². The molecule has 0 bridgehead atoms. The molecule has 0 spiro atoms. The van der Waals surface area contributed by atoms with Gasteiger partial charge in [-0.2, -0.15) is 5.53 Å². The van der Waals surface area contributed by atoms with Crippen LogP contribution in [0, 0.1) is 0 Å². The van der Waals surface area contributed by atoms with E-state index in [4.69, 9.17) is 5.73 Å². The van der Waals surface area contributed by atoms with Crippen LogP contribution in [-0.2, 0) is 0 Å². The van der Waals surface area contributed by atoms with E-state index in [2.05, 4.69) is 16.4 Å². The molecule has 0 aromatic rings. The first-order valence-electron chi connectivity index (χ1n) is 2.38. The molecule has 1 saturated heterocycles. The highest BCUT2D eigenvalue weighted by Gasteiger charge is 2.03. The Morgan fingerprint density at radius 1 is 1.57 bits per heavy atom. The van der Waals surface area contributed by atoms with Crippen molar-refractivity contribution in [3.8, 4) is 0 Å². The van der Waals surface area contributed by atoms with Crippen LogP contribution in [0.4, 0.5) is 0 Å². The Morgan fingerprint density at radius 3 is 2.71 bits per heavy atom. The predicted octanol–water partition coefficient (Wildman–Crippen LogP) is -1.73. The maximum atomic E-state index is 5.42.